The minimum Gasteiger partial charge on any atom is -0.361 e. The molecular weight excluding hydrogens is 390 g/mol. The number of halogens is 4. The maximum Gasteiger partial charge on any atom is 0.419 e. The van der Waals surface area contributed by atoms with Gasteiger partial charge in [-0.05, 0) is 43.2 Å². The van der Waals surface area contributed by atoms with Gasteiger partial charge in [-0.25, -0.2) is 9.18 Å². The number of alkyl halides is 3. The van der Waals surface area contributed by atoms with Gasteiger partial charge in [-0.2, -0.15) is 13.2 Å². The summed E-state index contributed by atoms with van der Waals surface area (Å²) in [5, 5.41) is 3.88. The first-order chi connectivity index (χ1) is 13.6. The van der Waals surface area contributed by atoms with Gasteiger partial charge in [-0.15, -0.1) is 0 Å². The highest BCUT2D eigenvalue weighted by Crippen LogP contribution is 2.42. The predicted molar refractivity (Wildman–Crippen MR) is 98.9 cm³/mol. The molecule has 0 aliphatic heterocycles. The second-order valence-electron chi connectivity index (χ2n) is 6.77. The van der Waals surface area contributed by atoms with Gasteiger partial charge >= 0.3 is 11.9 Å². The zero-order valence-corrected chi connectivity index (χ0v) is 15.6. The lowest BCUT2D eigenvalue weighted by Gasteiger charge is -2.16. The van der Waals surface area contributed by atoms with E-state index in [-0.39, 0.29) is 16.6 Å². The summed E-state index contributed by atoms with van der Waals surface area (Å²) < 4.78 is 61.6. The molecule has 0 atom stereocenters. The van der Waals surface area contributed by atoms with E-state index in [1.165, 1.54) is 29.8 Å². The van der Waals surface area contributed by atoms with E-state index in [0.29, 0.717) is 28.1 Å². The molecule has 0 saturated carbocycles. The number of fused-ring (bicyclic) bond motifs is 1. The number of nitrogens with one attached hydrogen (secondary N) is 1. The van der Waals surface area contributed by atoms with Crippen LogP contribution in [0.25, 0.3) is 33.3 Å². The minimum absolute atomic E-state index is 0.0742. The van der Waals surface area contributed by atoms with E-state index in [4.69, 9.17) is 4.52 Å². The molecule has 1 N–H and O–H groups in total. The predicted octanol–water partition coefficient (Wildman–Crippen LogP) is 4.96. The highest BCUT2D eigenvalue weighted by atomic mass is 19.4. The van der Waals surface area contributed by atoms with Crippen molar-refractivity contribution < 1.29 is 22.1 Å². The van der Waals surface area contributed by atoms with Crippen LogP contribution in [0.5, 0.6) is 0 Å². The molecule has 9 heteroatoms. The topological polar surface area (TPSA) is 63.8 Å². The van der Waals surface area contributed by atoms with Crippen LogP contribution in [-0.4, -0.2) is 14.7 Å². The Morgan fingerprint density at radius 2 is 1.86 bits per heavy atom. The number of aromatic amines is 1. The van der Waals surface area contributed by atoms with Crippen molar-refractivity contribution in [1.29, 1.82) is 0 Å². The molecule has 0 aliphatic carbocycles. The Morgan fingerprint density at radius 3 is 2.48 bits per heavy atom. The molecule has 0 aliphatic rings. The average molecular weight is 405 g/mol. The molecule has 0 amide bonds. The summed E-state index contributed by atoms with van der Waals surface area (Å²) in [5.41, 5.74) is 0.0417. The van der Waals surface area contributed by atoms with E-state index in [0.717, 1.165) is 6.07 Å². The zero-order chi connectivity index (χ0) is 21.1. The van der Waals surface area contributed by atoms with Crippen LogP contribution in [0.3, 0.4) is 0 Å². The van der Waals surface area contributed by atoms with Gasteiger partial charge in [0, 0.05) is 18.2 Å². The minimum atomic E-state index is -4.92. The monoisotopic (exact) mass is 405 g/mol. The fourth-order valence-corrected chi connectivity index (χ4v) is 3.67. The van der Waals surface area contributed by atoms with Gasteiger partial charge in [0.05, 0.1) is 22.3 Å². The normalized spacial score (nSPS) is 12.1. The Labute approximate surface area is 161 Å². The van der Waals surface area contributed by atoms with Crippen molar-refractivity contribution in [3.63, 3.8) is 0 Å². The second-order valence-corrected chi connectivity index (χ2v) is 6.77. The van der Waals surface area contributed by atoms with Crippen LogP contribution in [-0.2, 0) is 13.2 Å². The average Bonchev–Trinajstić information content (AvgIpc) is 3.11. The molecule has 150 valence electrons. The summed E-state index contributed by atoms with van der Waals surface area (Å²) >= 11 is 0. The summed E-state index contributed by atoms with van der Waals surface area (Å²) in [6.45, 7) is 3.38. The molecule has 2 heterocycles. The van der Waals surface area contributed by atoms with Crippen LogP contribution in [0, 0.1) is 19.7 Å². The summed E-state index contributed by atoms with van der Waals surface area (Å²) in [6.07, 6.45) is -4.92. The molecule has 4 rings (SSSR count). The lowest BCUT2D eigenvalue weighted by molar-refractivity contribution is -0.139. The molecule has 4 aromatic rings. The van der Waals surface area contributed by atoms with Crippen molar-refractivity contribution in [3.05, 3.63) is 63.7 Å². The highest BCUT2D eigenvalue weighted by molar-refractivity contribution is 5.97. The van der Waals surface area contributed by atoms with Crippen LogP contribution < -0.4 is 5.69 Å². The van der Waals surface area contributed by atoms with E-state index < -0.39 is 23.2 Å². The standard InChI is InChI=1S/C20H15F4N3O2/c1-9-16(10(2)29-26-9)11-7-13(18-15(8-11)25-19(28)27(18)3)12-5-4-6-14(21)17(12)20(22,23)24/h4-8H,1-3H3,(H,25,28). The van der Waals surface area contributed by atoms with Gasteiger partial charge in [0.2, 0.25) is 0 Å². The number of hydrogen-bond acceptors (Lipinski definition) is 3. The maximum atomic E-state index is 14.2. The largest absolute Gasteiger partial charge is 0.419 e. The molecule has 0 radical (unpaired) electrons. The van der Waals surface area contributed by atoms with E-state index >= 15 is 0 Å². The number of imidazole rings is 1. The summed E-state index contributed by atoms with van der Waals surface area (Å²) in [6, 6.07) is 6.29. The molecule has 0 spiro atoms. The first-order valence-corrected chi connectivity index (χ1v) is 8.61. The van der Waals surface area contributed by atoms with Crippen LogP contribution in [0.1, 0.15) is 17.0 Å². The van der Waals surface area contributed by atoms with E-state index in [1.54, 1.807) is 19.9 Å². The van der Waals surface area contributed by atoms with Crippen molar-refractivity contribution in [2.24, 2.45) is 7.05 Å². The molecule has 5 nitrogen and oxygen atoms in total. The highest BCUT2D eigenvalue weighted by Gasteiger charge is 2.37. The lowest BCUT2D eigenvalue weighted by atomic mass is 9.93. The lowest BCUT2D eigenvalue weighted by Crippen LogP contribution is -2.13. The van der Waals surface area contributed by atoms with Crippen molar-refractivity contribution >= 4 is 11.0 Å². The second kappa shape index (κ2) is 6.33. The fourth-order valence-electron chi connectivity index (χ4n) is 3.67. The Morgan fingerprint density at radius 1 is 1.14 bits per heavy atom. The van der Waals surface area contributed by atoms with E-state index in [9.17, 15) is 22.4 Å². The third kappa shape index (κ3) is 2.93. The fraction of sp³-hybridized carbons (Fsp3) is 0.200. The Balaban J connectivity index is 2.16. The molecule has 0 unspecified atom stereocenters. The molecule has 2 aromatic carbocycles. The number of H-pyrrole nitrogens is 1. The van der Waals surface area contributed by atoms with Crippen LogP contribution in [0.15, 0.2) is 39.6 Å². The molecule has 0 saturated heterocycles. The number of rotatable bonds is 2. The van der Waals surface area contributed by atoms with Gasteiger partial charge in [0.15, 0.2) is 0 Å². The van der Waals surface area contributed by atoms with E-state index in [2.05, 4.69) is 10.1 Å². The third-order valence-electron chi connectivity index (χ3n) is 4.90. The number of benzene rings is 2. The van der Waals surface area contributed by atoms with E-state index in [1.807, 2.05) is 0 Å². The van der Waals surface area contributed by atoms with Crippen LogP contribution in [0.4, 0.5) is 17.6 Å². The van der Waals surface area contributed by atoms with Crippen molar-refractivity contribution in [2.75, 3.05) is 0 Å². The number of hydrogen-bond donors (Lipinski definition) is 1. The third-order valence-corrected chi connectivity index (χ3v) is 4.90. The molecule has 0 bridgehead atoms. The Hall–Kier alpha value is -3.36. The van der Waals surface area contributed by atoms with Gasteiger partial charge < -0.3 is 9.51 Å². The molecule has 29 heavy (non-hydrogen) atoms. The summed E-state index contributed by atoms with van der Waals surface area (Å²) in [7, 11) is 1.44. The zero-order valence-electron chi connectivity index (χ0n) is 15.6. The first kappa shape index (κ1) is 19.0. The van der Waals surface area contributed by atoms with Gasteiger partial charge in [0.1, 0.15) is 11.6 Å². The summed E-state index contributed by atoms with van der Waals surface area (Å²) in [5.74, 6) is -0.909. The SMILES string of the molecule is Cc1noc(C)c1-c1cc(-c2cccc(F)c2C(F)(F)F)c2c(c1)[nH]c(=O)n2C. The Kier molecular flexibility index (Phi) is 4.14. The molecule has 2 aromatic heterocycles. The van der Waals surface area contributed by atoms with Gasteiger partial charge in [-0.3, -0.25) is 4.57 Å². The maximum absolute atomic E-state index is 14.2. The summed E-state index contributed by atoms with van der Waals surface area (Å²) in [4.78, 5) is 14.8. The molecular formula is C20H15F4N3O2. The smallest absolute Gasteiger partial charge is 0.361 e. The van der Waals surface area contributed by atoms with Gasteiger partial charge in [-0.1, -0.05) is 17.3 Å². The van der Waals surface area contributed by atoms with Crippen molar-refractivity contribution in [2.45, 2.75) is 20.0 Å². The van der Waals surface area contributed by atoms with Crippen LogP contribution in [0.2, 0.25) is 0 Å². The number of aryl methyl sites for hydroxylation is 3. The number of nitrogens with zero attached hydrogens (tertiary/aromatic N) is 2. The van der Waals surface area contributed by atoms with Gasteiger partial charge in [0.25, 0.3) is 0 Å². The van der Waals surface area contributed by atoms with Crippen molar-refractivity contribution in [1.82, 2.24) is 14.7 Å². The van der Waals surface area contributed by atoms with Crippen molar-refractivity contribution in [3.8, 4) is 22.3 Å². The Bertz CT molecular complexity index is 1290. The molecule has 0 fully saturated rings. The quantitative estimate of drug-likeness (QED) is 0.479. The number of aromatic nitrogens is 3. The first-order valence-electron chi connectivity index (χ1n) is 8.61. The van der Waals surface area contributed by atoms with Crippen LogP contribution >= 0.6 is 0 Å².